The molecule has 2 atom stereocenters. The lowest BCUT2D eigenvalue weighted by Crippen LogP contribution is -2.49. The lowest BCUT2D eigenvalue weighted by atomic mass is 9.98. The number of likely N-dealkylation sites (tertiary alicyclic amines) is 1. The lowest BCUT2D eigenvalue weighted by Gasteiger charge is -2.41. The number of nitrogens with one attached hydrogen (secondary N) is 1. The third-order valence-electron chi connectivity index (χ3n) is 8.46. The molecule has 1 unspecified atom stereocenters. The summed E-state index contributed by atoms with van der Waals surface area (Å²) in [5, 5.41) is 3.47. The molecule has 3 aromatic rings. The second kappa shape index (κ2) is 13.0. The Bertz CT molecular complexity index is 1320. The molecule has 0 bridgehead atoms. The number of aryl methyl sites for hydroxylation is 2. The number of piperidine rings is 1. The van der Waals surface area contributed by atoms with Gasteiger partial charge >= 0.3 is 6.03 Å². The molecule has 0 spiro atoms. The van der Waals surface area contributed by atoms with Gasteiger partial charge in [0.1, 0.15) is 5.15 Å². The number of carbonyl (C=O) groups excluding carboxylic acids is 2. The highest BCUT2D eigenvalue weighted by atomic mass is 35.5. The zero-order chi connectivity index (χ0) is 28.9. The van der Waals surface area contributed by atoms with Crippen LogP contribution in [0.3, 0.4) is 0 Å². The van der Waals surface area contributed by atoms with Crippen LogP contribution in [0.4, 0.5) is 4.79 Å². The second-order valence-electron chi connectivity index (χ2n) is 11.2. The van der Waals surface area contributed by atoms with Crippen LogP contribution >= 0.6 is 11.6 Å². The third-order valence-corrected chi connectivity index (χ3v) is 8.65. The Kier molecular flexibility index (Phi) is 9.20. The van der Waals surface area contributed by atoms with Crippen molar-refractivity contribution in [1.82, 2.24) is 30.0 Å². The lowest BCUT2D eigenvalue weighted by molar-refractivity contribution is 0.0886. The Balaban J connectivity index is 1.17. The Hall–Kier alpha value is -3.49. The smallest absolute Gasteiger partial charge is 0.321 e. The van der Waals surface area contributed by atoms with Gasteiger partial charge in [-0.05, 0) is 68.9 Å². The maximum absolute atomic E-state index is 13.8. The van der Waals surface area contributed by atoms with E-state index in [0.29, 0.717) is 42.1 Å². The largest absolute Gasteiger partial charge is 0.352 e. The molecule has 2 aliphatic rings. The summed E-state index contributed by atoms with van der Waals surface area (Å²) in [5.74, 6) is -0.106. The second-order valence-corrected chi connectivity index (χ2v) is 11.6. The minimum Gasteiger partial charge on any atom is -0.352 e. The van der Waals surface area contributed by atoms with Gasteiger partial charge in [0.05, 0.1) is 17.3 Å². The van der Waals surface area contributed by atoms with Crippen molar-refractivity contribution in [1.29, 1.82) is 0 Å². The van der Waals surface area contributed by atoms with E-state index < -0.39 is 0 Å². The Morgan fingerprint density at radius 2 is 1.88 bits per heavy atom. The van der Waals surface area contributed by atoms with E-state index in [2.05, 4.69) is 56.3 Å². The van der Waals surface area contributed by atoms with E-state index in [1.54, 1.807) is 12.3 Å². The summed E-state index contributed by atoms with van der Waals surface area (Å²) < 4.78 is 0. The van der Waals surface area contributed by atoms with Gasteiger partial charge in [-0.15, -0.1) is 0 Å². The van der Waals surface area contributed by atoms with Gasteiger partial charge in [-0.3, -0.25) is 9.78 Å². The number of pyridine rings is 2. The van der Waals surface area contributed by atoms with Crippen LogP contribution in [0.5, 0.6) is 0 Å². The standard InChI is InChI=1S/C32H39ClN6O2/c1-22-18-29(33)36-24(3)30(22)31(40)35-15-11-23(2)37-16-12-27(13-17-37)39-28(26-9-5-4-6-10-26)21-38(32(39)41)20-25-8-7-14-34-19-25/h4-10,14,18-19,23,27-28H,11-13,15-17,20-21H2,1-3H3,(H,35,40)/t23?,28-/m0/s1. The maximum atomic E-state index is 13.8. The normalized spacial score (nSPS) is 19.0. The van der Waals surface area contributed by atoms with Gasteiger partial charge in [-0.2, -0.15) is 0 Å². The number of aromatic nitrogens is 2. The molecule has 0 saturated carbocycles. The average molecular weight is 575 g/mol. The van der Waals surface area contributed by atoms with Crippen LogP contribution in [0.25, 0.3) is 0 Å². The Morgan fingerprint density at radius 3 is 2.56 bits per heavy atom. The molecule has 9 heteroatoms. The van der Waals surface area contributed by atoms with Crippen LogP contribution < -0.4 is 5.32 Å². The molecule has 216 valence electrons. The average Bonchev–Trinajstić information content (AvgIpc) is 3.29. The number of halogens is 1. The molecule has 3 amide bonds. The molecule has 5 rings (SSSR count). The summed E-state index contributed by atoms with van der Waals surface area (Å²) >= 11 is 6.02. The van der Waals surface area contributed by atoms with E-state index in [0.717, 1.165) is 43.5 Å². The highest BCUT2D eigenvalue weighted by Gasteiger charge is 2.43. The minimum atomic E-state index is -0.106. The van der Waals surface area contributed by atoms with Crippen LogP contribution in [0.2, 0.25) is 5.15 Å². The number of hydrogen-bond donors (Lipinski definition) is 1. The molecule has 1 N–H and O–H groups in total. The Morgan fingerprint density at radius 1 is 1.12 bits per heavy atom. The Labute approximate surface area is 247 Å². The molecule has 41 heavy (non-hydrogen) atoms. The van der Waals surface area contributed by atoms with Crippen LogP contribution in [0, 0.1) is 13.8 Å². The topological polar surface area (TPSA) is 81.7 Å². The minimum absolute atomic E-state index is 0.0406. The molecular weight excluding hydrogens is 536 g/mol. The molecule has 0 radical (unpaired) electrons. The first-order chi connectivity index (χ1) is 19.8. The van der Waals surface area contributed by atoms with Gasteiger partial charge in [0.25, 0.3) is 5.91 Å². The molecule has 2 aliphatic heterocycles. The van der Waals surface area contributed by atoms with Gasteiger partial charge in [-0.25, -0.2) is 9.78 Å². The van der Waals surface area contributed by atoms with Crippen molar-refractivity contribution in [2.45, 2.75) is 64.7 Å². The summed E-state index contributed by atoms with van der Waals surface area (Å²) in [7, 11) is 0. The van der Waals surface area contributed by atoms with Crippen molar-refractivity contribution < 1.29 is 9.59 Å². The van der Waals surface area contributed by atoms with Crippen LogP contribution in [0.15, 0.2) is 60.9 Å². The summed E-state index contributed by atoms with van der Waals surface area (Å²) in [6.07, 6.45) is 6.31. The van der Waals surface area contributed by atoms with Crippen LogP contribution in [-0.4, -0.2) is 74.9 Å². The van der Waals surface area contributed by atoms with Crippen molar-refractivity contribution in [2.24, 2.45) is 0 Å². The summed E-state index contributed by atoms with van der Waals surface area (Å²) in [5.41, 5.74) is 4.31. The van der Waals surface area contributed by atoms with Crippen molar-refractivity contribution in [3.05, 3.63) is 94.0 Å². The van der Waals surface area contributed by atoms with E-state index in [4.69, 9.17) is 11.6 Å². The predicted molar refractivity (Wildman–Crippen MR) is 161 cm³/mol. The highest BCUT2D eigenvalue weighted by molar-refractivity contribution is 6.29. The van der Waals surface area contributed by atoms with E-state index in [1.165, 1.54) is 5.56 Å². The number of urea groups is 1. The molecule has 1 aromatic carbocycles. The number of carbonyl (C=O) groups is 2. The predicted octanol–water partition coefficient (Wildman–Crippen LogP) is 5.40. The van der Waals surface area contributed by atoms with E-state index in [1.807, 2.05) is 43.1 Å². The summed E-state index contributed by atoms with van der Waals surface area (Å²) in [6.45, 7) is 9.59. The quantitative estimate of drug-likeness (QED) is 0.346. The third kappa shape index (κ3) is 6.71. The molecule has 0 aliphatic carbocycles. The van der Waals surface area contributed by atoms with Crippen LogP contribution in [-0.2, 0) is 6.54 Å². The summed E-state index contributed by atoms with van der Waals surface area (Å²) in [6, 6.07) is 16.7. The first kappa shape index (κ1) is 29.0. The highest BCUT2D eigenvalue weighted by Crippen LogP contribution is 2.35. The van der Waals surface area contributed by atoms with Gasteiger partial charge in [0.2, 0.25) is 0 Å². The monoisotopic (exact) mass is 574 g/mol. The summed E-state index contributed by atoms with van der Waals surface area (Å²) in [4.78, 5) is 41.6. The number of benzene rings is 1. The first-order valence-corrected chi connectivity index (χ1v) is 14.9. The fourth-order valence-corrected chi connectivity index (χ4v) is 6.56. The van der Waals surface area contributed by atoms with Gasteiger partial charge < -0.3 is 20.0 Å². The van der Waals surface area contributed by atoms with E-state index in [-0.39, 0.29) is 24.0 Å². The molecule has 8 nitrogen and oxygen atoms in total. The SMILES string of the molecule is Cc1cc(Cl)nc(C)c1C(=O)NCCC(C)N1CCC(N2C(=O)N(Cc3cccnc3)C[C@H]2c2ccccc2)CC1. The number of rotatable bonds is 9. The zero-order valence-electron chi connectivity index (χ0n) is 24.1. The van der Waals surface area contributed by atoms with Gasteiger partial charge in [-0.1, -0.05) is 48.0 Å². The maximum Gasteiger partial charge on any atom is 0.321 e. The van der Waals surface area contributed by atoms with Crippen LogP contribution in [0.1, 0.15) is 65.0 Å². The number of amides is 3. The van der Waals surface area contributed by atoms with Crippen molar-refractivity contribution in [3.8, 4) is 0 Å². The van der Waals surface area contributed by atoms with Crippen molar-refractivity contribution in [3.63, 3.8) is 0 Å². The fraction of sp³-hybridized carbons (Fsp3) is 0.438. The van der Waals surface area contributed by atoms with Gasteiger partial charge in [0.15, 0.2) is 0 Å². The van der Waals surface area contributed by atoms with Crippen molar-refractivity contribution >= 4 is 23.5 Å². The van der Waals surface area contributed by atoms with Crippen molar-refractivity contribution in [2.75, 3.05) is 26.2 Å². The van der Waals surface area contributed by atoms with Gasteiger partial charge in [0, 0.05) is 57.2 Å². The van der Waals surface area contributed by atoms with E-state index in [9.17, 15) is 9.59 Å². The fourth-order valence-electron chi connectivity index (χ4n) is 6.27. The number of nitrogens with zero attached hydrogens (tertiary/aromatic N) is 5. The first-order valence-electron chi connectivity index (χ1n) is 14.5. The zero-order valence-corrected chi connectivity index (χ0v) is 24.8. The molecule has 4 heterocycles. The van der Waals surface area contributed by atoms with E-state index >= 15 is 0 Å². The molecule has 2 fully saturated rings. The molecular formula is C32H39ClN6O2. The number of hydrogen-bond acceptors (Lipinski definition) is 5. The molecule has 2 saturated heterocycles. The molecule has 2 aromatic heterocycles.